The smallest absolute Gasteiger partial charge is 0.329 e. The molecule has 88 valence electrons. The number of amides is 1. The number of likely N-dealkylation sites (N-methyl/N-ethyl adjacent to an activating group) is 1. The van der Waals surface area contributed by atoms with Crippen LogP contribution in [0.1, 0.15) is 0 Å². The fraction of sp³-hybridized carbons (Fsp3) is 0.182. The number of rotatable bonds is 2. The van der Waals surface area contributed by atoms with Gasteiger partial charge in [-0.05, 0) is 12.1 Å². The second-order valence-electron chi connectivity index (χ2n) is 3.54. The lowest BCUT2D eigenvalue weighted by atomic mass is 10.2. The van der Waals surface area contributed by atoms with Crippen molar-refractivity contribution >= 4 is 16.8 Å². The van der Waals surface area contributed by atoms with Crippen molar-refractivity contribution in [1.29, 1.82) is 0 Å². The van der Waals surface area contributed by atoms with E-state index in [9.17, 15) is 14.4 Å². The first kappa shape index (κ1) is 11.1. The largest absolute Gasteiger partial charge is 0.358 e. The van der Waals surface area contributed by atoms with Crippen molar-refractivity contribution in [3.05, 3.63) is 45.1 Å². The van der Waals surface area contributed by atoms with Crippen LogP contribution in [0, 0.1) is 0 Å². The van der Waals surface area contributed by atoms with Crippen molar-refractivity contribution < 1.29 is 4.79 Å². The molecule has 6 nitrogen and oxygen atoms in total. The predicted octanol–water partition coefficient (Wildman–Crippen LogP) is -0.564. The van der Waals surface area contributed by atoms with Crippen LogP contribution in [0.3, 0.4) is 0 Å². The topological polar surface area (TPSA) is 84.0 Å². The van der Waals surface area contributed by atoms with Gasteiger partial charge < -0.3 is 5.32 Å². The first-order valence-electron chi connectivity index (χ1n) is 5.06. The lowest BCUT2D eigenvalue weighted by Crippen LogP contribution is -2.35. The average molecular weight is 233 g/mol. The molecule has 1 heterocycles. The van der Waals surface area contributed by atoms with E-state index in [0.717, 1.165) is 0 Å². The highest BCUT2D eigenvalue weighted by Gasteiger charge is 2.09. The van der Waals surface area contributed by atoms with E-state index in [2.05, 4.69) is 10.3 Å². The molecule has 0 atom stereocenters. The number of fused-ring (bicyclic) bond motifs is 1. The Morgan fingerprint density at radius 3 is 2.76 bits per heavy atom. The van der Waals surface area contributed by atoms with Crippen LogP contribution >= 0.6 is 0 Å². The maximum absolute atomic E-state index is 11.6. The summed E-state index contributed by atoms with van der Waals surface area (Å²) in [5.41, 5.74) is -0.582. The van der Waals surface area contributed by atoms with Crippen molar-refractivity contribution in [2.75, 3.05) is 7.05 Å². The van der Waals surface area contributed by atoms with E-state index < -0.39 is 11.2 Å². The molecule has 0 saturated heterocycles. The van der Waals surface area contributed by atoms with Gasteiger partial charge in [-0.1, -0.05) is 12.1 Å². The summed E-state index contributed by atoms with van der Waals surface area (Å²) in [5, 5.41) is 2.81. The van der Waals surface area contributed by atoms with E-state index in [1.807, 2.05) is 0 Å². The fourth-order valence-corrected chi connectivity index (χ4v) is 1.62. The van der Waals surface area contributed by atoms with Crippen LogP contribution in [-0.2, 0) is 11.3 Å². The molecule has 0 fully saturated rings. The quantitative estimate of drug-likeness (QED) is 0.729. The summed E-state index contributed by atoms with van der Waals surface area (Å²) in [7, 11) is 1.49. The van der Waals surface area contributed by atoms with Crippen LogP contribution < -0.4 is 16.6 Å². The van der Waals surface area contributed by atoms with Gasteiger partial charge in [0.15, 0.2) is 0 Å². The number of aromatic amines is 1. The molecule has 2 aromatic rings. The monoisotopic (exact) mass is 233 g/mol. The van der Waals surface area contributed by atoms with Gasteiger partial charge in [-0.2, -0.15) is 0 Å². The van der Waals surface area contributed by atoms with Gasteiger partial charge in [-0.3, -0.25) is 19.1 Å². The zero-order valence-electron chi connectivity index (χ0n) is 9.19. The standard InChI is InChI=1S/C11H11N3O3/c1-12-9(15)6-14-8-5-3-2-4-7(8)10(16)13-11(14)17/h2-5H,6H2,1H3,(H,12,15)(H,13,16,17). The van der Waals surface area contributed by atoms with Crippen LogP contribution in [0.2, 0.25) is 0 Å². The lowest BCUT2D eigenvalue weighted by Gasteiger charge is -2.07. The summed E-state index contributed by atoms with van der Waals surface area (Å²) < 4.78 is 1.23. The summed E-state index contributed by atoms with van der Waals surface area (Å²) in [4.78, 5) is 36.7. The molecule has 0 saturated carbocycles. The summed E-state index contributed by atoms with van der Waals surface area (Å²) in [5.74, 6) is -0.302. The van der Waals surface area contributed by atoms with E-state index in [1.54, 1.807) is 24.3 Å². The Labute approximate surface area is 95.9 Å². The van der Waals surface area contributed by atoms with E-state index >= 15 is 0 Å². The number of H-pyrrole nitrogens is 1. The van der Waals surface area contributed by atoms with Crippen LogP contribution in [0.15, 0.2) is 33.9 Å². The molecular formula is C11H11N3O3. The molecule has 0 aliphatic rings. The third-order valence-corrected chi connectivity index (χ3v) is 2.49. The Balaban J connectivity index is 2.74. The number of para-hydroxylation sites is 1. The molecule has 1 aromatic heterocycles. The minimum atomic E-state index is -0.586. The molecule has 17 heavy (non-hydrogen) atoms. The molecule has 6 heteroatoms. The van der Waals surface area contributed by atoms with Crippen LogP contribution in [0.4, 0.5) is 0 Å². The number of nitrogens with one attached hydrogen (secondary N) is 2. The van der Waals surface area contributed by atoms with E-state index in [1.165, 1.54) is 11.6 Å². The third-order valence-electron chi connectivity index (χ3n) is 2.49. The number of carbonyl (C=O) groups excluding carboxylic acids is 1. The number of hydrogen-bond donors (Lipinski definition) is 2. The molecular weight excluding hydrogens is 222 g/mol. The van der Waals surface area contributed by atoms with E-state index in [0.29, 0.717) is 10.9 Å². The number of aromatic nitrogens is 2. The summed E-state index contributed by atoms with van der Waals surface area (Å²) in [6.45, 7) is -0.118. The second kappa shape index (κ2) is 4.25. The minimum Gasteiger partial charge on any atom is -0.358 e. The van der Waals surface area contributed by atoms with E-state index in [-0.39, 0.29) is 12.5 Å². The Hall–Kier alpha value is -2.37. The molecule has 0 unspecified atom stereocenters. The van der Waals surface area contributed by atoms with Crippen LogP contribution in [-0.4, -0.2) is 22.5 Å². The van der Waals surface area contributed by atoms with Crippen LogP contribution in [0.5, 0.6) is 0 Å². The van der Waals surface area contributed by atoms with Crippen molar-refractivity contribution in [3.63, 3.8) is 0 Å². The minimum absolute atomic E-state index is 0.118. The lowest BCUT2D eigenvalue weighted by molar-refractivity contribution is -0.121. The molecule has 0 spiro atoms. The molecule has 0 bridgehead atoms. The highest BCUT2D eigenvalue weighted by Crippen LogP contribution is 2.05. The number of carbonyl (C=O) groups is 1. The zero-order chi connectivity index (χ0) is 12.4. The molecule has 2 N–H and O–H groups in total. The van der Waals surface area contributed by atoms with Crippen LogP contribution in [0.25, 0.3) is 10.9 Å². The van der Waals surface area contributed by atoms with Gasteiger partial charge in [0.05, 0.1) is 10.9 Å². The maximum atomic E-state index is 11.6. The summed E-state index contributed by atoms with van der Waals surface area (Å²) in [6, 6.07) is 6.65. The van der Waals surface area contributed by atoms with Gasteiger partial charge in [-0.15, -0.1) is 0 Å². The fourth-order valence-electron chi connectivity index (χ4n) is 1.62. The highest BCUT2D eigenvalue weighted by molar-refractivity contribution is 5.81. The molecule has 0 radical (unpaired) electrons. The molecule has 0 aliphatic heterocycles. The molecule has 1 aromatic carbocycles. The number of hydrogen-bond acceptors (Lipinski definition) is 3. The molecule has 0 aliphatic carbocycles. The van der Waals surface area contributed by atoms with Gasteiger partial charge in [-0.25, -0.2) is 4.79 Å². The van der Waals surface area contributed by atoms with Crippen molar-refractivity contribution in [1.82, 2.24) is 14.9 Å². The second-order valence-corrected chi connectivity index (χ2v) is 3.54. The molecule has 1 amide bonds. The van der Waals surface area contributed by atoms with Crippen molar-refractivity contribution in [2.45, 2.75) is 6.54 Å². The van der Waals surface area contributed by atoms with Gasteiger partial charge in [0.25, 0.3) is 5.56 Å². The SMILES string of the molecule is CNC(=O)Cn1c(=O)[nH]c(=O)c2ccccc21. The predicted molar refractivity (Wildman–Crippen MR) is 62.9 cm³/mol. The van der Waals surface area contributed by atoms with Gasteiger partial charge in [0.2, 0.25) is 5.91 Å². The Bertz CT molecular complexity index is 684. The van der Waals surface area contributed by atoms with Gasteiger partial charge in [0, 0.05) is 7.05 Å². The Kier molecular flexibility index (Phi) is 2.78. The van der Waals surface area contributed by atoms with Gasteiger partial charge >= 0.3 is 5.69 Å². The average Bonchev–Trinajstić information content (AvgIpc) is 2.34. The number of benzene rings is 1. The van der Waals surface area contributed by atoms with Crippen molar-refractivity contribution in [2.24, 2.45) is 0 Å². The zero-order valence-corrected chi connectivity index (χ0v) is 9.19. The van der Waals surface area contributed by atoms with Gasteiger partial charge in [0.1, 0.15) is 6.54 Å². The third kappa shape index (κ3) is 1.96. The summed E-state index contributed by atoms with van der Waals surface area (Å²) in [6.07, 6.45) is 0. The number of nitrogens with zero attached hydrogens (tertiary/aromatic N) is 1. The highest BCUT2D eigenvalue weighted by atomic mass is 16.2. The first-order chi connectivity index (χ1) is 8.13. The molecule has 2 rings (SSSR count). The van der Waals surface area contributed by atoms with E-state index in [4.69, 9.17) is 0 Å². The summed E-state index contributed by atoms with van der Waals surface area (Å²) >= 11 is 0. The van der Waals surface area contributed by atoms with Crippen molar-refractivity contribution in [3.8, 4) is 0 Å². The Morgan fingerprint density at radius 1 is 1.35 bits per heavy atom. The first-order valence-corrected chi connectivity index (χ1v) is 5.06. The maximum Gasteiger partial charge on any atom is 0.329 e. The normalized spacial score (nSPS) is 10.4. The Morgan fingerprint density at radius 2 is 2.06 bits per heavy atom.